The number of hydrogen-bond donors (Lipinski definition) is 3. The Morgan fingerprint density at radius 3 is 2.48 bits per heavy atom. The van der Waals surface area contributed by atoms with Crippen LogP contribution in [0.5, 0.6) is 5.75 Å². The predicted octanol–water partition coefficient (Wildman–Crippen LogP) is 2.33. The minimum atomic E-state index is -0.575. The molecule has 8 heteroatoms. The number of nitrogens with one attached hydrogen (secondary N) is 3. The van der Waals surface area contributed by atoms with Crippen molar-refractivity contribution in [1.29, 1.82) is 0 Å². The van der Waals surface area contributed by atoms with Gasteiger partial charge in [-0.15, -0.1) is 0 Å². The van der Waals surface area contributed by atoms with Crippen LogP contribution in [-0.4, -0.2) is 62.3 Å². The fraction of sp³-hybridized carbons (Fsp3) is 0.565. The van der Waals surface area contributed by atoms with Gasteiger partial charge in [0.2, 0.25) is 0 Å². The van der Waals surface area contributed by atoms with Crippen molar-refractivity contribution in [1.82, 2.24) is 20.9 Å². The number of piperidine rings is 1. The number of ether oxygens (including phenoxy) is 2. The molecule has 3 rings (SSSR count). The van der Waals surface area contributed by atoms with Crippen LogP contribution in [0.2, 0.25) is 0 Å². The summed E-state index contributed by atoms with van der Waals surface area (Å²) in [6, 6.07) is 7.42. The van der Waals surface area contributed by atoms with Gasteiger partial charge in [-0.25, -0.2) is 9.59 Å². The molecule has 2 heterocycles. The second kappa shape index (κ2) is 10.6. The van der Waals surface area contributed by atoms with E-state index in [0.29, 0.717) is 35.6 Å². The van der Waals surface area contributed by atoms with E-state index in [2.05, 4.69) is 34.7 Å². The summed E-state index contributed by atoms with van der Waals surface area (Å²) < 4.78 is 10.6. The zero-order valence-corrected chi connectivity index (χ0v) is 18.9. The zero-order valence-electron chi connectivity index (χ0n) is 18.9. The SMILES string of the molecule is CCOC(=O)C1=C(CN2CCC(NC(C)C)CC2)NC(=O)NC1c1ccc(OC)cc1. The molecule has 1 unspecified atom stereocenters. The van der Waals surface area contributed by atoms with Gasteiger partial charge < -0.3 is 25.4 Å². The van der Waals surface area contributed by atoms with Crippen molar-refractivity contribution in [3.8, 4) is 5.75 Å². The van der Waals surface area contributed by atoms with Gasteiger partial charge in [-0.05, 0) is 37.5 Å². The fourth-order valence-electron chi connectivity index (χ4n) is 4.19. The topological polar surface area (TPSA) is 91.9 Å². The minimum absolute atomic E-state index is 0.269. The normalized spacial score (nSPS) is 20.4. The first-order valence-corrected chi connectivity index (χ1v) is 11.0. The van der Waals surface area contributed by atoms with Crippen molar-refractivity contribution < 1.29 is 19.1 Å². The lowest BCUT2D eigenvalue weighted by Gasteiger charge is -2.36. The van der Waals surface area contributed by atoms with Crippen LogP contribution in [-0.2, 0) is 9.53 Å². The van der Waals surface area contributed by atoms with Gasteiger partial charge in [0.1, 0.15) is 5.75 Å². The molecule has 2 aliphatic heterocycles. The summed E-state index contributed by atoms with van der Waals surface area (Å²) in [5, 5.41) is 9.33. The molecular weight excluding hydrogens is 396 g/mol. The molecule has 2 aliphatic rings. The maximum Gasteiger partial charge on any atom is 0.338 e. The number of likely N-dealkylation sites (tertiary alicyclic amines) is 1. The summed E-state index contributed by atoms with van der Waals surface area (Å²) in [6.45, 7) is 8.68. The van der Waals surface area contributed by atoms with Crippen LogP contribution in [0.3, 0.4) is 0 Å². The van der Waals surface area contributed by atoms with Crippen molar-refractivity contribution in [3.05, 3.63) is 41.1 Å². The molecule has 0 saturated carbocycles. The molecule has 1 saturated heterocycles. The van der Waals surface area contributed by atoms with Gasteiger partial charge in [0.15, 0.2) is 0 Å². The van der Waals surface area contributed by atoms with E-state index in [1.165, 1.54) is 0 Å². The van der Waals surface area contributed by atoms with Crippen molar-refractivity contribution in [2.45, 2.75) is 51.7 Å². The lowest BCUT2D eigenvalue weighted by Crippen LogP contribution is -2.50. The van der Waals surface area contributed by atoms with Gasteiger partial charge in [-0.1, -0.05) is 26.0 Å². The highest BCUT2D eigenvalue weighted by Gasteiger charge is 2.34. The number of nitrogens with zero attached hydrogens (tertiary/aromatic N) is 1. The van der Waals surface area contributed by atoms with Gasteiger partial charge in [0.05, 0.1) is 25.3 Å². The maximum atomic E-state index is 12.9. The zero-order chi connectivity index (χ0) is 22.4. The number of urea groups is 1. The smallest absolute Gasteiger partial charge is 0.338 e. The first-order valence-electron chi connectivity index (χ1n) is 11.0. The number of carbonyl (C=O) groups excluding carboxylic acids is 2. The molecule has 1 aromatic rings. The molecule has 1 fully saturated rings. The molecule has 8 nitrogen and oxygen atoms in total. The number of carbonyl (C=O) groups is 2. The van der Waals surface area contributed by atoms with Crippen LogP contribution >= 0.6 is 0 Å². The molecule has 0 aliphatic carbocycles. The lowest BCUT2D eigenvalue weighted by atomic mass is 9.94. The number of benzene rings is 1. The molecule has 3 N–H and O–H groups in total. The monoisotopic (exact) mass is 430 g/mol. The standard InChI is InChI=1S/C23H34N4O4/c1-5-31-22(28)20-19(14-27-12-10-17(11-13-27)24-15(2)3)25-23(29)26-21(20)16-6-8-18(30-4)9-7-16/h6-9,15,17,21,24H,5,10-14H2,1-4H3,(H2,25,26,29). The first-order chi connectivity index (χ1) is 14.9. The summed E-state index contributed by atoms with van der Waals surface area (Å²) in [5.74, 6) is 0.297. The summed E-state index contributed by atoms with van der Waals surface area (Å²) in [7, 11) is 1.60. The van der Waals surface area contributed by atoms with Gasteiger partial charge >= 0.3 is 12.0 Å². The number of rotatable bonds is 8. The molecule has 31 heavy (non-hydrogen) atoms. The van der Waals surface area contributed by atoms with Crippen LogP contribution in [0, 0.1) is 0 Å². The van der Waals surface area contributed by atoms with Gasteiger partial charge in [-0.2, -0.15) is 0 Å². The van der Waals surface area contributed by atoms with Crippen LogP contribution in [0.4, 0.5) is 4.79 Å². The molecule has 0 bridgehead atoms. The minimum Gasteiger partial charge on any atom is -0.497 e. The highest BCUT2D eigenvalue weighted by Crippen LogP contribution is 2.29. The number of methoxy groups -OCH3 is 1. The van der Waals surface area contributed by atoms with Gasteiger partial charge in [-0.3, -0.25) is 4.90 Å². The fourth-order valence-corrected chi connectivity index (χ4v) is 4.19. The molecule has 2 amide bonds. The lowest BCUT2D eigenvalue weighted by molar-refractivity contribution is -0.139. The van der Waals surface area contributed by atoms with Gasteiger partial charge in [0.25, 0.3) is 0 Å². The third-order valence-electron chi connectivity index (χ3n) is 5.64. The average Bonchev–Trinajstić information content (AvgIpc) is 2.74. The maximum absolute atomic E-state index is 12.9. The molecule has 170 valence electrons. The summed E-state index contributed by atoms with van der Waals surface area (Å²) in [5.41, 5.74) is 1.86. The number of amides is 2. The highest BCUT2D eigenvalue weighted by atomic mass is 16.5. The Labute approximate surface area is 184 Å². The largest absolute Gasteiger partial charge is 0.497 e. The van der Waals surface area contributed by atoms with Crippen molar-refractivity contribution in [2.75, 3.05) is 33.4 Å². The van der Waals surface area contributed by atoms with E-state index in [0.717, 1.165) is 31.5 Å². The Hall–Kier alpha value is -2.58. The van der Waals surface area contributed by atoms with E-state index in [-0.39, 0.29) is 12.6 Å². The van der Waals surface area contributed by atoms with Crippen molar-refractivity contribution in [3.63, 3.8) is 0 Å². The third-order valence-corrected chi connectivity index (χ3v) is 5.64. The quantitative estimate of drug-likeness (QED) is 0.549. The van der Waals surface area contributed by atoms with Crippen molar-refractivity contribution in [2.24, 2.45) is 0 Å². The van der Waals surface area contributed by atoms with Crippen LogP contribution in [0.15, 0.2) is 35.5 Å². The van der Waals surface area contributed by atoms with E-state index >= 15 is 0 Å². The Kier molecular flexibility index (Phi) is 7.92. The molecule has 0 radical (unpaired) electrons. The average molecular weight is 431 g/mol. The van der Waals surface area contributed by atoms with Gasteiger partial charge in [0, 0.05) is 37.4 Å². The molecule has 1 atom stereocenters. The summed E-state index contributed by atoms with van der Waals surface area (Å²) in [6.07, 6.45) is 2.07. The van der Waals surface area contributed by atoms with E-state index < -0.39 is 12.0 Å². The predicted molar refractivity (Wildman–Crippen MR) is 119 cm³/mol. The van der Waals surface area contributed by atoms with Crippen molar-refractivity contribution >= 4 is 12.0 Å². The molecule has 0 spiro atoms. The summed E-state index contributed by atoms with van der Waals surface area (Å²) in [4.78, 5) is 27.7. The molecule has 1 aromatic carbocycles. The number of hydrogen-bond acceptors (Lipinski definition) is 6. The van der Waals surface area contributed by atoms with Crippen LogP contribution in [0.25, 0.3) is 0 Å². The van der Waals surface area contributed by atoms with E-state index in [1.54, 1.807) is 14.0 Å². The second-order valence-corrected chi connectivity index (χ2v) is 8.29. The number of esters is 1. The summed E-state index contributed by atoms with van der Waals surface area (Å²) >= 11 is 0. The Balaban J connectivity index is 1.84. The second-order valence-electron chi connectivity index (χ2n) is 8.29. The highest BCUT2D eigenvalue weighted by molar-refractivity contribution is 5.95. The molecular formula is C23H34N4O4. The Morgan fingerprint density at radius 2 is 1.90 bits per heavy atom. The van der Waals surface area contributed by atoms with Crippen LogP contribution < -0.4 is 20.7 Å². The van der Waals surface area contributed by atoms with E-state index in [1.807, 2.05) is 24.3 Å². The van der Waals surface area contributed by atoms with Crippen LogP contribution in [0.1, 0.15) is 45.2 Å². The Bertz CT molecular complexity index is 798. The Morgan fingerprint density at radius 1 is 1.23 bits per heavy atom. The van der Waals surface area contributed by atoms with E-state index in [4.69, 9.17) is 9.47 Å². The third kappa shape index (κ3) is 5.98. The first kappa shape index (κ1) is 23.1. The van der Waals surface area contributed by atoms with E-state index in [9.17, 15) is 9.59 Å². The molecule has 0 aromatic heterocycles.